The average molecular weight is 224 g/mol. The van der Waals surface area contributed by atoms with Gasteiger partial charge in [0.2, 0.25) is 5.91 Å². The Morgan fingerprint density at radius 2 is 2.38 bits per heavy atom. The molecule has 1 aromatic rings. The molecule has 0 aliphatic carbocycles. The van der Waals surface area contributed by atoms with E-state index < -0.39 is 0 Å². The number of nitrogens with zero attached hydrogens (tertiary/aromatic N) is 5. The number of hydrogen-bond donors (Lipinski definition) is 1. The number of piperidine rings is 1. The molecular formula is C9H16N6O. The summed E-state index contributed by atoms with van der Waals surface area (Å²) in [5.74, 6) is 0.482. The van der Waals surface area contributed by atoms with E-state index in [0.717, 1.165) is 13.0 Å². The van der Waals surface area contributed by atoms with Gasteiger partial charge in [-0.05, 0) is 22.8 Å². The van der Waals surface area contributed by atoms with E-state index in [-0.39, 0.29) is 18.5 Å². The second-order valence-corrected chi connectivity index (χ2v) is 4.41. The Kier molecular flexibility index (Phi) is 3.14. The maximum atomic E-state index is 11.9. The minimum absolute atomic E-state index is 0.0225. The zero-order valence-corrected chi connectivity index (χ0v) is 9.28. The topological polar surface area (TPSA) is 89.9 Å². The molecule has 7 nitrogen and oxygen atoms in total. The van der Waals surface area contributed by atoms with Gasteiger partial charge >= 0.3 is 0 Å². The summed E-state index contributed by atoms with van der Waals surface area (Å²) in [5, 5.41) is 10.6. The normalized spacial score (nSPS) is 25.8. The van der Waals surface area contributed by atoms with Gasteiger partial charge in [0.15, 0.2) is 0 Å². The number of likely N-dealkylation sites (tertiary alicyclic amines) is 1. The number of aromatic nitrogens is 4. The van der Waals surface area contributed by atoms with Crippen LogP contribution in [0.15, 0.2) is 6.33 Å². The van der Waals surface area contributed by atoms with Gasteiger partial charge in [-0.1, -0.05) is 6.92 Å². The number of hydrogen-bond acceptors (Lipinski definition) is 5. The van der Waals surface area contributed by atoms with Gasteiger partial charge < -0.3 is 10.6 Å². The summed E-state index contributed by atoms with van der Waals surface area (Å²) < 4.78 is 1.42. The summed E-state index contributed by atoms with van der Waals surface area (Å²) in [4.78, 5) is 13.7. The van der Waals surface area contributed by atoms with Crippen molar-refractivity contribution in [3.8, 4) is 0 Å². The molecule has 0 bridgehead atoms. The molecule has 2 N–H and O–H groups in total. The van der Waals surface area contributed by atoms with Gasteiger partial charge in [0, 0.05) is 19.1 Å². The first-order valence-corrected chi connectivity index (χ1v) is 5.39. The molecule has 2 atom stereocenters. The SMILES string of the molecule is CC1CC(N)CN(C(=O)Cn2cnnn2)C1. The van der Waals surface area contributed by atoms with Crippen LogP contribution in [0.1, 0.15) is 13.3 Å². The summed E-state index contributed by atoms with van der Waals surface area (Å²) in [6, 6.07) is 0.0848. The van der Waals surface area contributed by atoms with Crippen molar-refractivity contribution in [3.05, 3.63) is 6.33 Å². The molecule has 88 valence electrons. The number of carbonyl (C=O) groups excluding carboxylic acids is 1. The van der Waals surface area contributed by atoms with E-state index in [4.69, 9.17) is 5.73 Å². The molecule has 2 heterocycles. The lowest BCUT2D eigenvalue weighted by atomic mass is 9.96. The van der Waals surface area contributed by atoms with Crippen molar-refractivity contribution in [1.29, 1.82) is 0 Å². The van der Waals surface area contributed by atoms with Gasteiger partial charge in [0.1, 0.15) is 12.9 Å². The molecule has 1 aliphatic rings. The fraction of sp³-hybridized carbons (Fsp3) is 0.778. The Hall–Kier alpha value is -1.50. The Bertz CT molecular complexity index is 341. The van der Waals surface area contributed by atoms with Gasteiger partial charge in [0.05, 0.1) is 0 Å². The molecule has 1 aromatic heterocycles. The fourth-order valence-electron chi connectivity index (χ4n) is 2.09. The first-order valence-electron chi connectivity index (χ1n) is 5.39. The average Bonchev–Trinajstić information content (AvgIpc) is 2.68. The van der Waals surface area contributed by atoms with E-state index in [1.54, 1.807) is 4.90 Å². The maximum Gasteiger partial charge on any atom is 0.244 e. The van der Waals surface area contributed by atoms with Gasteiger partial charge in [-0.15, -0.1) is 5.10 Å². The van der Waals surface area contributed by atoms with Gasteiger partial charge in [-0.3, -0.25) is 4.79 Å². The van der Waals surface area contributed by atoms with Crippen molar-refractivity contribution in [2.45, 2.75) is 25.9 Å². The summed E-state index contributed by atoms with van der Waals surface area (Å²) >= 11 is 0. The Morgan fingerprint density at radius 3 is 3.00 bits per heavy atom. The van der Waals surface area contributed by atoms with Crippen molar-refractivity contribution >= 4 is 5.91 Å². The summed E-state index contributed by atoms with van der Waals surface area (Å²) in [6.45, 7) is 3.70. The zero-order chi connectivity index (χ0) is 11.5. The highest BCUT2D eigenvalue weighted by Crippen LogP contribution is 2.15. The summed E-state index contributed by atoms with van der Waals surface area (Å²) in [7, 11) is 0. The molecule has 0 radical (unpaired) electrons. The Morgan fingerprint density at radius 1 is 1.56 bits per heavy atom. The lowest BCUT2D eigenvalue weighted by Crippen LogP contribution is -2.49. The van der Waals surface area contributed by atoms with Crippen LogP contribution in [0.3, 0.4) is 0 Å². The molecule has 1 fully saturated rings. The quantitative estimate of drug-likeness (QED) is 0.686. The van der Waals surface area contributed by atoms with Crippen LogP contribution in [0.4, 0.5) is 0 Å². The third-order valence-electron chi connectivity index (χ3n) is 2.73. The van der Waals surface area contributed by atoms with E-state index in [2.05, 4.69) is 22.4 Å². The minimum atomic E-state index is 0.0225. The molecule has 1 saturated heterocycles. The molecular weight excluding hydrogens is 208 g/mol. The van der Waals surface area contributed by atoms with Gasteiger partial charge in [0.25, 0.3) is 0 Å². The Balaban J connectivity index is 1.94. The van der Waals surface area contributed by atoms with Crippen molar-refractivity contribution in [3.63, 3.8) is 0 Å². The van der Waals surface area contributed by atoms with Crippen molar-refractivity contribution in [1.82, 2.24) is 25.1 Å². The van der Waals surface area contributed by atoms with Crippen LogP contribution >= 0.6 is 0 Å². The molecule has 0 spiro atoms. The molecule has 0 saturated carbocycles. The monoisotopic (exact) mass is 224 g/mol. The number of amides is 1. The van der Waals surface area contributed by atoms with Crippen molar-refractivity contribution < 1.29 is 4.79 Å². The Labute approximate surface area is 93.6 Å². The van der Waals surface area contributed by atoms with E-state index in [1.165, 1.54) is 11.0 Å². The predicted octanol–water partition coefficient (Wildman–Crippen LogP) is -1.13. The number of rotatable bonds is 2. The first kappa shape index (κ1) is 11.0. The zero-order valence-electron chi connectivity index (χ0n) is 9.28. The van der Waals surface area contributed by atoms with Crippen LogP contribution in [-0.2, 0) is 11.3 Å². The van der Waals surface area contributed by atoms with Crippen molar-refractivity contribution in [2.75, 3.05) is 13.1 Å². The molecule has 16 heavy (non-hydrogen) atoms. The van der Waals surface area contributed by atoms with Crippen LogP contribution in [0.2, 0.25) is 0 Å². The van der Waals surface area contributed by atoms with E-state index in [1.807, 2.05) is 0 Å². The summed E-state index contributed by atoms with van der Waals surface area (Å²) in [6.07, 6.45) is 2.42. The standard InChI is InChI=1S/C9H16N6O/c1-7-2-8(10)4-14(3-7)9(16)5-15-6-11-12-13-15/h6-8H,2-5,10H2,1H3. The predicted molar refractivity (Wildman–Crippen MR) is 56.2 cm³/mol. The minimum Gasteiger partial charge on any atom is -0.339 e. The lowest BCUT2D eigenvalue weighted by molar-refractivity contribution is -0.134. The highest BCUT2D eigenvalue weighted by molar-refractivity contribution is 5.76. The van der Waals surface area contributed by atoms with Crippen molar-refractivity contribution in [2.24, 2.45) is 11.7 Å². The number of nitrogens with two attached hydrogens (primary N) is 1. The molecule has 2 unspecified atom stereocenters. The molecule has 1 aliphatic heterocycles. The van der Waals surface area contributed by atoms with E-state index in [9.17, 15) is 4.79 Å². The van der Waals surface area contributed by atoms with Crippen LogP contribution in [0, 0.1) is 5.92 Å². The first-order chi connectivity index (χ1) is 7.65. The molecule has 1 amide bonds. The molecule has 2 rings (SSSR count). The smallest absolute Gasteiger partial charge is 0.244 e. The third kappa shape index (κ3) is 2.54. The molecule has 7 heteroatoms. The van der Waals surface area contributed by atoms with Gasteiger partial charge in [-0.25, -0.2) is 4.68 Å². The number of tetrazole rings is 1. The van der Waals surface area contributed by atoms with E-state index in [0.29, 0.717) is 12.5 Å². The fourth-order valence-corrected chi connectivity index (χ4v) is 2.09. The van der Waals surface area contributed by atoms with E-state index >= 15 is 0 Å². The highest BCUT2D eigenvalue weighted by atomic mass is 16.2. The van der Waals surface area contributed by atoms with Gasteiger partial charge in [-0.2, -0.15) is 0 Å². The van der Waals surface area contributed by atoms with Crippen LogP contribution in [0.5, 0.6) is 0 Å². The van der Waals surface area contributed by atoms with Crippen LogP contribution < -0.4 is 5.73 Å². The maximum absolute atomic E-state index is 11.9. The summed E-state index contributed by atoms with van der Waals surface area (Å²) in [5.41, 5.74) is 5.89. The second kappa shape index (κ2) is 4.56. The largest absolute Gasteiger partial charge is 0.339 e. The third-order valence-corrected chi connectivity index (χ3v) is 2.73. The second-order valence-electron chi connectivity index (χ2n) is 4.41. The lowest BCUT2D eigenvalue weighted by Gasteiger charge is -2.34. The van der Waals surface area contributed by atoms with Crippen LogP contribution in [0.25, 0.3) is 0 Å². The van der Waals surface area contributed by atoms with Crippen LogP contribution in [-0.4, -0.2) is 50.1 Å². The number of carbonyl (C=O) groups is 1. The highest BCUT2D eigenvalue weighted by Gasteiger charge is 2.25. The molecule has 0 aromatic carbocycles.